The van der Waals surface area contributed by atoms with Gasteiger partial charge >= 0.3 is 0 Å². The zero-order valence-corrected chi connectivity index (χ0v) is 8.78. The molecule has 0 N–H and O–H groups in total. The molecule has 1 aliphatic heterocycles. The molecule has 1 saturated heterocycles. The summed E-state index contributed by atoms with van der Waals surface area (Å²) in [5, 5.41) is 0. The van der Waals surface area contributed by atoms with E-state index in [4.69, 9.17) is 9.47 Å². The quantitative estimate of drug-likeness (QED) is 0.568. The predicted octanol–water partition coefficient (Wildman–Crippen LogP) is 1.67. The van der Waals surface area contributed by atoms with E-state index >= 15 is 0 Å². The van der Waals surface area contributed by atoms with Crippen molar-refractivity contribution < 1.29 is 14.3 Å². The Morgan fingerprint density at radius 3 is 2.87 bits per heavy atom. The molecule has 0 aromatic carbocycles. The van der Waals surface area contributed by atoms with Gasteiger partial charge in [0.05, 0.1) is 19.1 Å². The summed E-state index contributed by atoms with van der Waals surface area (Å²) < 4.78 is 11.5. The van der Waals surface area contributed by atoms with Crippen LogP contribution in [-0.4, -0.2) is 24.8 Å². The lowest BCUT2D eigenvalue weighted by Crippen LogP contribution is -2.43. The van der Waals surface area contributed by atoms with Gasteiger partial charge in [0.15, 0.2) is 5.79 Å². The minimum atomic E-state index is -0.606. The molecule has 0 unspecified atom stereocenters. The maximum absolute atomic E-state index is 11.9. The van der Waals surface area contributed by atoms with E-state index < -0.39 is 5.79 Å². The molecule has 0 aromatic heterocycles. The second-order valence-corrected chi connectivity index (χ2v) is 4.66. The van der Waals surface area contributed by atoms with Crippen LogP contribution in [0, 0.1) is 11.8 Å². The third kappa shape index (κ3) is 1.37. The van der Waals surface area contributed by atoms with Crippen LogP contribution in [0.25, 0.3) is 0 Å². The smallest absolute Gasteiger partial charge is 0.181 e. The summed E-state index contributed by atoms with van der Waals surface area (Å²) in [4.78, 5) is 11.9. The molecule has 3 rings (SSSR count). The van der Waals surface area contributed by atoms with Crippen LogP contribution < -0.4 is 0 Å². The molecular formula is C12H16O3. The van der Waals surface area contributed by atoms with Crippen LogP contribution in [0.5, 0.6) is 0 Å². The first-order chi connectivity index (χ1) is 7.32. The fraction of sp³-hybridized carbons (Fsp3) is 0.750. The number of rotatable bonds is 0. The Bertz CT molecular complexity index is 302. The number of fused-ring (bicyclic) bond motifs is 2. The standard InChI is InChI=1S/C12H16O3/c13-10-5-4-9-3-1-2-6-12(11(9)10)14-7-8-15-12/h1-2,9,11H,3-8H2/t9-,11+/m1/s1. The Hall–Kier alpha value is -0.670. The van der Waals surface area contributed by atoms with Crippen LogP contribution in [0.4, 0.5) is 0 Å². The second-order valence-electron chi connectivity index (χ2n) is 4.66. The van der Waals surface area contributed by atoms with E-state index in [9.17, 15) is 4.79 Å². The average molecular weight is 208 g/mol. The molecule has 0 bridgehead atoms. The van der Waals surface area contributed by atoms with Crippen molar-refractivity contribution in [3.63, 3.8) is 0 Å². The van der Waals surface area contributed by atoms with Gasteiger partial charge in [-0.2, -0.15) is 0 Å². The lowest BCUT2D eigenvalue weighted by atomic mass is 9.85. The van der Waals surface area contributed by atoms with E-state index in [1.54, 1.807) is 0 Å². The summed E-state index contributed by atoms with van der Waals surface area (Å²) in [6.07, 6.45) is 7.73. The Labute approximate surface area is 89.4 Å². The Morgan fingerprint density at radius 2 is 2.07 bits per heavy atom. The molecule has 2 aliphatic carbocycles. The molecule has 0 radical (unpaired) electrons. The first-order valence-electron chi connectivity index (χ1n) is 5.77. The lowest BCUT2D eigenvalue weighted by Gasteiger charge is -2.33. The van der Waals surface area contributed by atoms with E-state index in [1.165, 1.54) is 0 Å². The highest BCUT2D eigenvalue weighted by molar-refractivity contribution is 5.84. The molecular weight excluding hydrogens is 192 g/mol. The van der Waals surface area contributed by atoms with Crippen molar-refractivity contribution in [1.82, 2.24) is 0 Å². The molecule has 0 aromatic rings. The van der Waals surface area contributed by atoms with Crippen LogP contribution in [0.2, 0.25) is 0 Å². The van der Waals surface area contributed by atoms with Crippen molar-refractivity contribution in [3.05, 3.63) is 12.2 Å². The van der Waals surface area contributed by atoms with Gasteiger partial charge in [-0.25, -0.2) is 0 Å². The number of carbonyl (C=O) groups excluding carboxylic acids is 1. The lowest BCUT2D eigenvalue weighted by molar-refractivity contribution is -0.198. The third-order valence-electron chi connectivity index (χ3n) is 3.84. The van der Waals surface area contributed by atoms with Crippen LogP contribution in [0.15, 0.2) is 12.2 Å². The number of allylic oxidation sites excluding steroid dienone is 1. The van der Waals surface area contributed by atoms with E-state index in [1.807, 2.05) is 0 Å². The fourth-order valence-electron chi connectivity index (χ4n) is 3.18. The number of Topliss-reactive ketones (excluding diaryl/α,β-unsaturated/α-hetero) is 1. The highest BCUT2D eigenvalue weighted by Gasteiger charge is 2.53. The summed E-state index contributed by atoms with van der Waals surface area (Å²) >= 11 is 0. The van der Waals surface area contributed by atoms with Gasteiger partial charge in [-0.3, -0.25) is 4.79 Å². The normalized spacial score (nSPS) is 38.3. The van der Waals surface area contributed by atoms with Crippen molar-refractivity contribution >= 4 is 5.78 Å². The van der Waals surface area contributed by atoms with E-state index in [-0.39, 0.29) is 5.92 Å². The van der Waals surface area contributed by atoms with Crippen molar-refractivity contribution in [2.75, 3.05) is 13.2 Å². The summed E-state index contributed by atoms with van der Waals surface area (Å²) in [7, 11) is 0. The van der Waals surface area contributed by atoms with Gasteiger partial charge in [-0.05, 0) is 18.8 Å². The molecule has 2 fully saturated rings. The molecule has 15 heavy (non-hydrogen) atoms. The molecule has 1 saturated carbocycles. The second kappa shape index (κ2) is 3.42. The highest BCUT2D eigenvalue weighted by atomic mass is 16.7. The van der Waals surface area contributed by atoms with Crippen LogP contribution in [0.1, 0.15) is 25.7 Å². The van der Waals surface area contributed by atoms with E-state index in [0.717, 1.165) is 19.3 Å². The van der Waals surface area contributed by atoms with Crippen molar-refractivity contribution in [2.24, 2.45) is 11.8 Å². The van der Waals surface area contributed by atoms with Gasteiger partial charge in [0, 0.05) is 12.8 Å². The van der Waals surface area contributed by atoms with Gasteiger partial charge in [0.25, 0.3) is 0 Å². The number of hydrogen-bond acceptors (Lipinski definition) is 3. The predicted molar refractivity (Wildman–Crippen MR) is 54.2 cm³/mol. The molecule has 0 amide bonds. The number of ether oxygens (including phenoxy) is 2. The van der Waals surface area contributed by atoms with Crippen LogP contribution in [0.3, 0.4) is 0 Å². The van der Waals surface area contributed by atoms with Crippen LogP contribution in [-0.2, 0) is 14.3 Å². The molecule has 3 nitrogen and oxygen atoms in total. The highest BCUT2D eigenvalue weighted by Crippen LogP contribution is 2.46. The van der Waals surface area contributed by atoms with E-state index in [2.05, 4.69) is 12.2 Å². The summed E-state index contributed by atoms with van der Waals surface area (Å²) in [6, 6.07) is 0. The van der Waals surface area contributed by atoms with Gasteiger partial charge in [0.2, 0.25) is 0 Å². The molecule has 1 spiro atoms. The zero-order chi connectivity index (χ0) is 10.3. The van der Waals surface area contributed by atoms with Gasteiger partial charge in [-0.15, -0.1) is 0 Å². The summed E-state index contributed by atoms with van der Waals surface area (Å²) in [5.41, 5.74) is 0. The van der Waals surface area contributed by atoms with Crippen molar-refractivity contribution in [3.8, 4) is 0 Å². The number of ketones is 1. The fourth-order valence-corrected chi connectivity index (χ4v) is 3.18. The number of hydrogen-bond donors (Lipinski definition) is 0. The Balaban J connectivity index is 1.96. The van der Waals surface area contributed by atoms with Gasteiger partial charge < -0.3 is 9.47 Å². The molecule has 82 valence electrons. The van der Waals surface area contributed by atoms with Crippen molar-refractivity contribution in [1.29, 1.82) is 0 Å². The molecule has 1 heterocycles. The first kappa shape index (κ1) is 9.55. The SMILES string of the molecule is O=C1CC[C@H]2CC=CCC3(OCCO3)[C@H]12. The summed E-state index contributed by atoms with van der Waals surface area (Å²) in [6.45, 7) is 1.26. The van der Waals surface area contributed by atoms with Crippen LogP contribution >= 0.6 is 0 Å². The minimum Gasteiger partial charge on any atom is -0.346 e. The Morgan fingerprint density at radius 1 is 1.27 bits per heavy atom. The number of carbonyl (C=O) groups is 1. The maximum Gasteiger partial charge on any atom is 0.181 e. The summed E-state index contributed by atoms with van der Waals surface area (Å²) in [5.74, 6) is 0.153. The van der Waals surface area contributed by atoms with Gasteiger partial charge in [-0.1, -0.05) is 12.2 Å². The minimum absolute atomic E-state index is 0.0185. The molecule has 3 aliphatic rings. The third-order valence-corrected chi connectivity index (χ3v) is 3.84. The largest absolute Gasteiger partial charge is 0.346 e. The van der Waals surface area contributed by atoms with E-state index in [0.29, 0.717) is 31.3 Å². The molecule has 3 heteroatoms. The van der Waals surface area contributed by atoms with Crippen molar-refractivity contribution in [2.45, 2.75) is 31.5 Å². The molecule has 2 atom stereocenters. The monoisotopic (exact) mass is 208 g/mol. The maximum atomic E-state index is 11.9. The first-order valence-corrected chi connectivity index (χ1v) is 5.77. The Kier molecular flexibility index (Phi) is 2.18. The topological polar surface area (TPSA) is 35.5 Å². The van der Waals surface area contributed by atoms with Gasteiger partial charge in [0.1, 0.15) is 5.78 Å². The average Bonchev–Trinajstić information content (AvgIpc) is 2.76. The zero-order valence-electron chi connectivity index (χ0n) is 8.78.